The molecule has 8 heteroatoms. The van der Waals surface area contributed by atoms with Crippen molar-refractivity contribution >= 4 is 22.7 Å². The van der Waals surface area contributed by atoms with Crippen molar-refractivity contribution in [2.75, 3.05) is 0 Å². The third kappa shape index (κ3) is 5.84. The zero-order valence-corrected chi connectivity index (χ0v) is 20.6. The highest BCUT2D eigenvalue weighted by Gasteiger charge is 2.47. The minimum atomic E-state index is -4.84. The molecule has 0 amide bonds. The molecular weight excluding hydrogens is 443 g/mol. The van der Waals surface area contributed by atoms with E-state index in [1.807, 2.05) is 31.6 Å². The van der Waals surface area contributed by atoms with Crippen molar-refractivity contribution in [3.05, 3.63) is 63.7 Å². The van der Waals surface area contributed by atoms with Crippen LogP contribution in [0.4, 0.5) is 13.2 Å². The van der Waals surface area contributed by atoms with Crippen LogP contribution >= 0.6 is 12.6 Å². The summed E-state index contributed by atoms with van der Waals surface area (Å²) in [6.07, 6.45) is -4.84. The van der Waals surface area contributed by atoms with Gasteiger partial charge in [-0.15, -0.1) is 0 Å². The molecule has 0 spiro atoms. The Hall–Kier alpha value is -1.51. The molecule has 0 bridgehead atoms. The van der Waals surface area contributed by atoms with Crippen molar-refractivity contribution < 1.29 is 21.6 Å². The lowest BCUT2D eigenvalue weighted by Gasteiger charge is -2.29. The summed E-state index contributed by atoms with van der Waals surface area (Å²) < 4.78 is 70.2. The highest BCUT2D eigenvalue weighted by molar-refractivity contribution is 7.89. The Kier molecular flexibility index (Phi) is 7.30. The molecule has 0 aliphatic carbocycles. The largest absolute Gasteiger partial charge is 0.406 e. The van der Waals surface area contributed by atoms with Crippen LogP contribution in [0.2, 0.25) is 0 Å². The van der Waals surface area contributed by atoms with Gasteiger partial charge in [-0.25, -0.2) is 8.42 Å². The van der Waals surface area contributed by atoms with Gasteiger partial charge >= 0.3 is 6.18 Å². The van der Waals surface area contributed by atoms with Crippen LogP contribution in [0.3, 0.4) is 0 Å². The fraction of sp³-hybridized carbons (Fsp3) is 0.478. The summed E-state index contributed by atoms with van der Waals surface area (Å²) in [6.45, 7) is 12.5. The minimum Gasteiger partial charge on any atom is -0.207 e. The molecule has 2 aromatic rings. The van der Waals surface area contributed by atoms with E-state index in [-0.39, 0.29) is 10.3 Å². The molecular formula is C23H30F3NO2S2. The molecule has 31 heavy (non-hydrogen) atoms. The Labute approximate surface area is 188 Å². The summed E-state index contributed by atoms with van der Waals surface area (Å²) in [4.78, 5) is -0.131. The molecule has 0 saturated heterocycles. The van der Waals surface area contributed by atoms with Crippen LogP contribution in [-0.2, 0) is 15.4 Å². The Balaban J connectivity index is 2.56. The van der Waals surface area contributed by atoms with Crippen molar-refractivity contribution in [3.8, 4) is 0 Å². The van der Waals surface area contributed by atoms with E-state index in [4.69, 9.17) is 0 Å². The topological polar surface area (TPSA) is 46.2 Å². The number of sulfonamides is 1. The molecule has 0 heterocycles. The van der Waals surface area contributed by atoms with E-state index >= 15 is 0 Å². The number of hydrogen-bond donors (Lipinski definition) is 2. The maximum Gasteiger partial charge on any atom is 0.406 e. The van der Waals surface area contributed by atoms with Gasteiger partial charge in [-0.05, 0) is 60.9 Å². The number of halogens is 3. The van der Waals surface area contributed by atoms with Gasteiger partial charge in [0.05, 0.1) is 10.1 Å². The van der Waals surface area contributed by atoms with Crippen LogP contribution in [0.25, 0.3) is 0 Å². The summed E-state index contributed by atoms with van der Waals surface area (Å²) in [5.74, 6) is 0. The average molecular weight is 474 g/mol. The van der Waals surface area contributed by atoms with E-state index in [2.05, 4.69) is 12.6 Å². The van der Waals surface area contributed by atoms with Crippen molar-refractivity contribution in [1.82, 2.24) is 4.72 Å². The zero-order chi connectivity index (χ0) is 23.9. The van der Waals surface area contributed by atoms with Crippen LogP contribution in [0.5, 0.6) is 0 Å². The molecule has 3 nitrogen and oxygen atoms in total. The lowest BCUT2D eigenvalue weighted by molar-refractivity contribution is -0.151. The first-order valence-corrected chi connectivity index (χ1v) is 11.9. The zero-order valence-electron chi connectivity index (χ0n) is 18.8. The van der Waals surface area contributed by atoms with Crippen LogP contribution in [-0.4, -0.2) is 20.6 Å². The molecule has 2 aromatic carbocycles. The van der Waals surface area contributed by atoms with E-state index in [1.54, 1.807) is 52.0 Å². The van der Waals surface area contributed by atoms with Crippen molar-refractivity contribution in [1.29, 1.82) is 0 Å². The molecule has 2 rings (SSSR count). The van der Waals surface area contributed by atoms with E-state index in [1.165, 1.54) is 0 Å². The second kappa shape index (κ2) is 8.79. The maximum absolute atomic E-state index is 14.1. The van der Waals surface area contributed by atoms with Gasteiger partial charge in [0.25, 0.3) is 0 Å². The number of nitrogens with one attached hydrogen (secondary N) is 1. The minimum absolute atomic E-state index is 0.131. The van der Waals surface area contributed by atoms with Crippen LogP contribution in [0.1, 0.15) is 59.4 Å². The van der Waals surface area contributed by atoms with Gasteiger partial charge in [0.1, 0.15) is 6.04 Å². The van der Waals surface area contributed by atoms with E-state index in [9.17, 15) is 21.6 Å². The third-order valence-electron chi connectivity index (χ3n) is 5.29. The van der Waals surface area contributed by atoms with Gasteiger partial charge in [0.15, 0.2) is 0 Å². The Morgan fingerprint density at radius 3 is 1.87 bits per heavy atom. The highest BCUT2D eigenvalue weighted by atomic mass is 32.2. The van der Waals surface area contributed by atoms with Gasteiger partial charge in [-0.1, -0.05) is 56.7 Å². The fourth-order valence-electron chi connectivity index (χ4n) is 3.73. The first-order chi connectivity index (χ1) is 13.9. The van der Waals surface area contributed by atoms with Crippen LogP contribution in [0.15, 0.2) is 35.2 Å². The summed E-state index contributed by atoms with van der Waals surface area (Å²) >= 11 is 4.27. The maximum atomic E-state index is 14.1. The van der Waals surface area contributed by atoms with Gasteiger partial charge in [-0.2, -0.15) is 30.5 Å². The van der Waals surface area contributed by atoms with Crippen LogP contribution < -0.4 is 4.72 Å². The molecule has 2 atom stereocenters. The second-order valence-corrected chi connectivity index (χ2v) is 11.3. The highest BCUT2D eigenvalue weighted by Crippen LogP contribution is 2.38. The number of aryl methyl sites for hydroxylation is 4. The first-order valence-electron chi connectivity index (χ1n) is 9.91. The molecule has 2 unspecified atom stereocenters. The smallest absolute Gasteiger partial charge is 0.207 e. The lowest BCUT2D eigenvalue weighted by Crippen LogP contribution is -2.48. The quantitative estimate of drug-likeness (QED) is 0.516. The van der Waals surface area contributed by atoms with Crippen molar-refractivity contribution in [2.45, 2.75) is 76.2 Å². The van der Waals surface area contributed by atoms with E-state index in [0.717, 1.165) is 11.1 Å². The number of thiol groups is 1. The van der Waals surface area contributed by atoms with Crippen molar-refractivity contribution in [3.63, 3.8) is 0 Å². The van der Waals surface area contributed by atoms with Gasteiger partial charge < -0.3 is 0 Å². The Morgan fingerprint density at radius 2 is 1.42 bits per heavy atom. The molecule has 0 aliphatic rings. The normalized spacial score (nSPS) is 15.1. The molecule has 0 fully saturated rings. The standard InChI is InChI=1S/C23H30F3NO2S2/c1-13-10-15(3)20(16(4)11-13)31(28,29)27-21(23(24,25)26)19(30)18-12-17(22(5,6)7)9-8-14(18)2/h8-12,19,21,27,30H,1-7H3. The summed E-state index contributed by atoms with van der Waals surface area (Å²) in [5, 5.41) is -1.41. The van der Waals surface area contributed by atoms with Gasteiger partial charge in [0.2, 0.25) is 10.0 Å². The fourth-order valence-corrected chi connectivity index (χ4v) is 6.04. The second-order valence-electron chi connectivity index (χ2n) is 9.13. The van der Waals surface area contributed by atoms with Gasteiger partial charge in [-0.3, -0.25) is 0 Å². The molecule has 0 aromatic heterocycles. The number of alkyl halides is 3. The Morgan fingerprint density at radius 1 is 0.903 bits per heavy atom. The van der Waals surface area contributed by atoms with E-state index in [0.29, 0.717) is 22.3 Å². The first kappa shape index (κ1) is 25.7. The molecule has 172 valence electrons. The summed E-state index contributed by atoms with van der Waals surface area (Å²) in [7, 11) is -4.44. The monoisotopic (exact) mass is 473 g/mol. The lowest BCUT2D eigenvalue weighted by atomic mass is 9.84. The third-order valence-corrected chi connectivity index (χ3v) is 7.61. The van der Waals surface area contributed by atoms with Gasteiger partial charge in [0, 0.05) is 0 Å². The van der Waals surface area contributed by atoms with E-state index < -0.39 is 27.5 Å². The number of hydrogen-bond acceptors (Lipinski definition) is 3. The Bertz CT molecular complexity index is 1050. The van der Waals surface area contributed by atoms with Crippen molar-refractivity contribution in [2.24, 2.45) is 0 Å². The van der Waals surface area contributed by atoms with Crippen LogP contribution in [0, 0.1) is 27.7 Å². The predicted octanol–water partition coefficient (Wildman–Crippen LogP) is 6.10. The molecule has 0 radical (unpaired) electrons. The number of benzene rings is 2. The molecule has 0 saturated carbocycles. The number of rotatable bonds is 5. The molecule has 1 N–H and O–H groups in total. The molecule has 0 aliphatic heterocycles. The average Bonchev–Trinajstić information content (AvgIpc) is 2.56. The summed E-state index contributed by atoms with van der Waals surface area (Å²) in [5.41, 5.74) is 3.16. The predicted molar refractivity (Wildman–Crippen MR) is 122 cm³/mol. The SMILES string of the molecule is Cc1cc(C)c(S(=O)(=O)NC(C(S)c2cc(C(C)(C)C)ccc2C)C(F)(F)F)c(C)c1. The summed E-state index contributed by atoms with van der Waals surface area (Å²) in [6, 6.07) is 6.18.